The number of rotatable bonds is 5. The Morgan fingerprint density at radius 2 is 2.00 bits per heavy atom. The topological polar surface area (TPSA) is 35.5 Å². The Labute approximate surface area is 132 Å². The van der Waals surface area contributed by atoms with Gasteiger partial charge in [-0.1, -0.05) is 12.1 Å². The van der Waals surface area contributed by atoms with Crippen LogP contribution in [0.25, 0.3) is 0 Å². The lowest BCUT2D eigenvalue weighted by Crippen LogP contribution is -2.00. The Hall–Kier alpha value is -1.56. The van der Waals surface area contributed by atoms with Crippen LogP contribution in [0.15, 0.2) is 42.5 Å². The van der Waals surface area contributed by atoms with E-state index < -0.39 is 0 Å². The van der Waals surface area contributed by atoms with Gasteiger partial charge in [-0.25, -0.2) is 0 Å². The van der Waals surface area contributed by atoms with Crippen molar-refractivity contribution in [1.29, 1.82) is 0 Å². The number of carbonyl (C=O) groups is 1. The van der Waals surface area contributed by atoms with E-state index >= 15 is 0 Å². The number of hydrogen-bond donors (Lipinski definition) is 0. The molecule has 2 rings (SSSR count). The summed E-state index contributed by atoms with van der Waals surface area (Å²) in [6.07, 6.45) is 0. The average Bonchev–Trinajstić information content (AvgIpc) is 2.44. The minimum absolute atomic E-state index is 0.0222. The molecule has 0 fully saturated rings. The summed E-state index contributed by atoms with van der Waals surface area (Å²) in [6, 6.07) is 13.4. The molecule has 0 saturated carbocycles. The van der Waals surface area contributed by atoms with Gasteiger partial charge in [0.1, 0.15) is 18.1 Å². The van der Waals surface area contributed by atoms with E-state index in [0.29, 0.717) is 23.7 Å². The highest BCUT2D eigenvalue weighted by molar-refractivity contribution is 14.1. The van der Waals surface area contributed by atoms with Crippen molar-refractivity contribution in [3.05, 3.63) is 57.2 Å². The highest BCUT2D eigenvalue weighted by atomic mass is 127. The van der Waals surface area contributed by atoms with E-state index in [-0.39, 0.29) is 5.78 Å². The first-order chi connectivity index (χ1) is 9.60. The van der Waals surface area contributed by atoms with Crippen LogP contribution in [0, 0.1) is 3.57 Å². The molecule has 0 amide bonds. The minimum atomic E-state index is -0.0222. The van der Waals surface area contributed by atoms with Crippen molar-refractivity contribution in [2.75, 3.05) is 7.11 Å². The molecule has 0 aliphatic carbocycles. The van der Waals surface area contributed by atoms with Crippen molar-refractivity contribution >= 4 is 28.4 Å². The van der Waals surface area contributed by atoms with Gasteiger partial charge in [0.25, 0.3) is 0 Å². The monoisotopic (exact) mass is 382 g/mol. The maximum absolute atomic E-state index is 11.4. The third-order valence-corrected chi connectivity index (χ3v) is 3.52. The first kappa shape index (κ1) is 14.8. The number of hydrogen-bond acceptors (Lipinski definition) is 3. The average molecular weight is 382 g/mol. The molecule has 20 heavy (non-hydrogen) atoms. The normalized spacial score (nSPS) is 10.2. The van der Waals surface area contributed by atoms with Gasteiger partial charge in [0.2, 0.25) is 0 Å². The van der Waals surface area contributed by atoms with E-state index in [1.165, 1.54) is 10.5 Å². The molecule has 0 N–H and O–H groups in total. The molecule has 0 aliphatic rings. The zero-order valence-electron chi connectivity index (χ0n) is 11.4. The molecule has 0 atom stereocenters. The Morgan fingerprint density at radius 1 is 1.20 bits per heavy atom. The van der Waals surface area contributed by atoms with Crippen molar-refractivity contribution < 1.29 is 14.3 Å². The Kier molecular flexibility index (Phi) is 5.00. The molecule has 0 unspecified atom stereocenters. The zero-order valence-corrected chi connectivity index (χ0v) is 13.5. The standard InChI is InChI=1S/C16H15IO3/c1-11(18)15-7-6-14(9-16(15)19-2)20-10-12-4-3-5-13(17)8-12/h3-9H,10H2,1-2H3. The fourth-order valence-corrected chi connectivity index (χ4v) is 2.45. The summed E-state index contributed by atoms with van der Waals surface area (Å²) in [5, 5.41) is 0. The Morgan fingerprint density at radius 3 is 2.65 bits per heavy atom. The summed E-state index contributed by atoms with van der Waals surface area (Å²) >= 11 is 2.27. The third-order valence-electron chi connectivity index (χ3n) is 2.85. The van der Waals surface area contributed by atoms with Gasteiger partial charge in [-0.3, -0.25) is 4.79 Å². The van der Waals surface area contributed by atoms with Crippen LogP contribution in [0.5, 0.6) is 11.5 Å². The van der Waals surface area contributed by atoms with Crippen molar-refractivity contribution in [3.8, 4) is 11.5 Å². The van der Waals surface area contributed by atoms with E-state index in [1.54, 1.807) is 25.3 Å². The summed E-state index contributed by atoms with van der Waals surface area (Å²) in [4.78, 5) is 11.4. The SMILES string of the molecule is COc1cc(OCc2cccc(I)c2)ccc1C(C)=O. The number of benzene rings is 2. The van der Waals surface area contributed by atoms with Crippen molar-refractivity contribution in [2.24, 2.45) is 0 Å². The molecular formula is C16H15IO3. The van der Waals surface area contributed by atoms with Crippen molar-refractivity contribution in [3.63, 3.8) is 0 Å². The molecule has 0 aromatic heterocycles. The molecule has 0 heterocycles. The number of halogens is 1. The molecule has 0 spiro atoms. The van der Waals surface area contributed by atoms with Crippen molar-refractivity contribution in [1.82, 2.24) is 0 Å². The first-order valence-corrected chi connectivity index (χ1v) is 7.24. The fraction of sp³-hybridized carbons (Fsp3) is 0.188. The molecule has 0 bridgehead atoms. The molecule has 104 valence electrons. The fourth-order valence-electron chi connectivity index (χ4n) is 1.85. The van der Waals surface area contributed by atoms with Crippen LogP contribution in [-0.4, -0.2) is 12.9 Å². The molecule has 3 nitrogen and oxygen atoms in total. The number of ketones is 1. The molecule has 2 aromatic carbocycles. The van der Waals surface area contributed by atoms with E-state index in [1.807, 2.05) is 18.2 Å². The van der Waals surface area contributed by atoms with E-state index in [9.17, 15) is 4.79 Å². The van der Waals surface area contributed by atoms with Gasteiger partial charge in [-0.15, -0.1) is 0 Å². The van der Waals surface area contributed by atoms with Crippen LogP contribution in [0.2, 0.25) is 0 Å². The summed E-state index contributed by atoms with van der Waals surface area (Å²) in [7, 11) is 1.55. The van der Waals surface area contributed by atoms with Crippen LogP contribution < -0.4 is 9.47 Å². The second kappa shape index (κ2) is 6.74. The van der Waals surface area contributed by atoms with Gasteiger partial charge in [0.15, 0.2) is 5.78 Å². The number of ether oxygens (including phenoxy) is 2. The molecular weight excluding hydrogens is 367 g/mol. The number of carbonyl (C=O) groups excluding carboxylic acids is 1. The van der Waals surface area contributed by atoms with E-state index in [4.69, 9.17) is 9.47 Å². The van der Waals surface area contributed by atoms with Crippen LogP contribution in [0.1, 0.15) is 22.8 Å². The molecule has 4 heteroatoms. The summed E-state index contributed by atoms with van der Waals surface area (Å²) in [6.45, 7) is 2.00. The lowest BCUT2D eigenvalue weighted by molar-refractivity contribution is 0.101. The molecule has 0 saturated heterocycles. The van der Waals surface area contributed by atoms with Crippen LogP contribution in [-0.2, 0) is 6.61 Å². The Bertz CT molecular complexity index is 623. The van der Waals surface area contributed by atoms with E-state index in [0.717, 1.165) is 5.56 Å². The lowest BCUT2D eigenvalue weighted by Gasteiger charge is -2.10. The van der Waals surface area contributed by atoms with Gasteiger partial charge in [0, 0.05) is 9.64 Å². The van der Waals surface area contributed by atoms with Gasteiger partial charge in [0.05, 0.1) is 12.7 Å². The first-order valence-electron chi connectivity index (χ1n) is 6.16. The molecule has 0 aliphatic heterocycles. The molecule has 2 aromatic rings. The van der Waals surface area contributed by atoms with Crippen LogP contribution in [0.4, 0.5) is 0 Å². The maximum atomic E-state index is 11.4. The van der Waals surface area contributed by atoms with E-state index in [2.05, 4.69) is 28.7 Å². The predicted molar refractivity (Wildman–Crippen MR) is 86.5 cm³/mol. The summed E-state index contributed by atoms with van der Waals surface area (Å²) in [5.41, 5.74) is 1.67. The van der Waals surface area contributed by atoms with Crippen molar-refractivity contribution in [2.45, 2.75) is 13.5 Å². The van der Waals surface area contributed by atoms with Crippen LogP contribution in [0.3, 0.4) is 0 Å². The minimum Gasteiger partial charge on any atom is -0.496 e. The summed E-state index contributed by atoms with van der Waals surface area (Å²) < 4.78 is 12.1. The predicted octanol–water partition coefficient (Wildman–Crippen LogP) is 4.08. The third kappa shape index (κ3) is 3.72. The maximum Gasteiger partial charge on any atom is 0.163 e. The number of methoxy groups -OCH3 is 1. The molecule has 0 radical (unpaired) electrons. The van der Waals surface area contributed by atoms with Gasteiger partial charge >= 0.3 is 0 Å². The van der Waals surface area contributed by atoms with Gasteiger partial charge in [-0.05, 0) is 59.3 Å². The summed E-state index contributed by atoms with van der Waals surface area (Å²) in [5.74, 6) is 1.20. The van der Waals surface area contributed by atoms with Crippen LogP contribution >= 0.6 is 22.6 Å². The highest BCUT2D eigenvalue weighted by Crippen LogP contribution is 2.25. The smallest absolute Gasteiger partial charge is 0.163 e. The number of Topliss-reactive ketones (excluding diaryl/α,β-unsaturated/α-hetero) is 1. The van der Waals surface area contributed by atoms with Gasteiger partial charge < -0.3 is 9.47 Å². The lowest BCUT2D eigenvalue weighted by atomic mass is 10.1. The van der Waals surface area contributed by atoms with Gasteiger partial charge in [-0.2, -0.15) is 0 Å². The zero-order chi connectivity index (χ0) is 14.5. The largest absolute Gasteiger partial charge is 0.496 e. The highest BCUT2D eigenvalue weighted by Gasteiger charge is 2.09. The quantitative estimate of drug-likeness (QED) is 0.578. The second-order valence-corrected chi connectivity index (χ2v) is 5.58. The Balaban J connectivity index is 2.12. The second-order valence-electron chi connectivity index (χ2n) is 4.34.